The van der Waals surface area contributed by atoms with Gasteiger partial charge in [0.1, 0.15) is 12.2 Å². The van der Waals surface area contributed by atoms with Crippen LogP contribution in [0.4, 0.5) is 0 Å². The predicted octanol–water partition coefficient (Wildman–Crippen LogP) is 6.84. The highest BCUT2D eigenvalue weighted by Crippen LogP contribution is 2.36. The molecule has 2 rings (SSSR count). The molecule has 0 saturated heterocycles. The minimum absolute atomic E-state index is 0.126. The standard InChI is InChI=1S/C28H40O3Si/c1-23(2)18-19-26(29-20-24-14-10-8-11-15-24)27(22-31-32(6,7)28(3,4)5)30-21-25-16-12-9-13-17-25/h8-17,23,26-27H,20-22H2,1-7H3/t26-,27-/m1/s1. The molecule has 0 aliphatic heterocycles. The molecular formula is C28H40O3Si. The fourth-order valence-electron chi connectivity index (χ4n) is 2.76. The lowest BCUT2D eigenvalue weighted by Gasteiger charge is -2.37. The molecular weight excluding hydrogens is 412 g/mol. The second-order valence-corrected chi connectivity index (χ2v) is 14.9. The van der Waals surface area contributed by atoms with Crippen LogP contribution in [0, 0.1) is 17.8 Å². The van der Waals surface area contributed by atoms with Gasteiger partial charge in [-0.15, -0.1) is 0 Å². The Balaban J connectivity index is 2.21. The zero-order valence-electron chi connectivity index (χ0n) is 20.9. The summed E-state index contributed by atoms with van der Waals surface area (Å²) >= 11 is 0. The third-order valence-electron chi connectivity index (χ3n) is 5.85. The van der Waals surface area contributed by atoms with Crippen molar-refractivity contribution >= 4 is 8.32 Å². The minimum Gasteiger partial charge on any atom is -0.414 e. The molecule has 0 spiro atoms. The molecule has 0 fully saturated rings. The van der Waals surface area contributed by atoms with Gasteiger partial charge in [0.15, 0.2) is 8.32 Å². The van der Waals surface area contributed by atoms with Gasteiger partial charge in [-0.25, -0.2) is 0 Å². The molecule has 0 heterocycles. The Bertz CT molecular complexity index is 845. The zero-order chi connectivity index (χ0) is 23.6. The van der Waals surface area contributed by atoms with Crippen molar-refractivity contribution in [3.63, 3.8) is 0 Å². The van der Waals surface area contributed by atoms with Gasteiger partial charge in [-0.3, -0.25) is 0 Å². The van der Waals surface area contributed by atoms with Crippen LogP contribution in [0.2, 0.25) is 18.1 Å². The van der Waals surface area contributed by atoms with E-state index in [0.29, 0.717) is 19.8 Å². The number of benzene rings is 2. The Morgan fingerprint density at radius 3 is 1.75 bits per heavy atom. The van der Waals surface area contributed by atoms with Crippen molar-refractivity contribution in [2.75, 3.05) is 6.61 Å². The second kappa shape index (κ2) is 12.4. The molecule has 0 amide bonds. The maximum absolute atomic E-state index is 6.55. The normalized spacial score (nSPS) is 14.0. The van der Waals surface area contributed by atoms with Crippen LogP contribution in [0.1, 0.15) is 45.7 Å². The molecule has 4 heteroatoms. The minimum atomic E-state index is -1.94. The van der Waals surface area contributed by atoms with Crippen molar-refractivity contribution in [1.29, 1.82) is 0 Å². The van der Waals surface area contributed by atoms with Crippen LogP contribution >= 0.6 is 0 Å². The molecule has 3 nitrogen and oxygen atoms in total. The van der Waals surface area contributed by atoms with Crippen LogP contribution in [0.15, 0.2) is 60.7 Å². The summed E-state index contributed by atoms with van der Waals surface area (Å²) in [6.07, 6.45) is -0.648. The zero-order valence-corrected chi connectivity index (χ0v) is 21.9. The number of rotatable bonds is 10. The largest absolute Gasteiger partial charge is 0.414 e. The lowest BCUT2D eigenvalue weighted by atomic mass is 10.1. The van der Waals surface area contributed by atoms with Gasteiger partial charge in [-0.1, -0.05) is 107 Å². The van der Waals surface area contributed by atoms with E-state index in [4.69, 9.17) is 13.9 Å². The summed E-state index contributed by atoms with van der Waals surface area (Å²) < 4.78 is 19.3. The molecule has 0 radical (unpaired) electrons. The topological polar surface area (TPSA) is 27.7 Å². The first kappa shape index (κ1) is 26.4. The van der Waals surface area contributed by atoms with Gasteiger partial charge >= 0.3 is 0 Å². The second-order valence-electron chi connectivity index (χ2n) is 10.1. The van der Waals surface area contributed by atoms with Gasteiger partial charge in [0, 0.05) is 5.92 Å². The molecule has 0 aromatic heterocycles. The van der Waals surface area contributed by atoms with Gasteiger partial charge in [0.05, 0.1) is 19.8 Å². The van der Waals surface area contributed by atoms with E-state index in [2.05, 4.69) is 83.8 Å². The molecule has 0 N–H and O–H groups in total. The van der Waals surface area contributed by atoms with Crippen LogP contribution < -0.4 is 0 Å². The quantitative estimate of drug-likeness (QED) is 0.292. The van der Waals surface area contributed by atoms with Crippen molar-refractivity contribution < 1.29 is 13.9 Å². The SMILES string of the molecule is CC(C)C#C[C@@H](OCc1ccccc1)[C@@H](CO[Si](C)(C)C(C)(C)C)OCc1ccccc1. The molecule has 2 aromatic carbocycles. The first-order valence-electron chi connectivity index (χ1n) is 11.5. The number of ether oxygens (including phenoxy) is 2. The van der Waals surface area contributed by atoms with Crippen LogP contribution in [0.5, 0.6) is 0 Å². The first-order valence-corrected chi connectivity index (χ1v) is 14.5. The fourth-order valence-corrected chi connectivity index (χ4v) is 3.77. The average Bonchev–Trinajstić information content (AvgIpc) is 2.75. The van der Waals surface area contributed by atoms with E-state index < -0.39 is 8.32 Å². The van der Waals surface area contributed by atoms with E-state index in [1.165, 1.54) is 0 Å². The first-order chi connectivity index (χ1) is 15.1. The predicted molar refractivity (Wildman–Crippen MR) is 136 cm³/mol. The molecule has 0 unspecified atom stereocenters. The third kappa shape index (κ3) is 8.92. The van der Waals surface area contributed by atoms with Crippen molar-refractivity contribution in [3.8, 4) is 11.8 Å². The highest BCUT2D eigenvalue weighted by Gasteiger charge is 2.38. The highest BCUT2D eigenvalue weighted by atomic mass is 28.4. The fraction of sp³-hybridized carbons (Fsp3) is 0.500. The van der Waals surface area contributed by atoms with Gasteiger partial charge in [0.2, 0.25) is 0 Å². The number of hydrogen-bond donors (Lipinski definition) is 0. The Morgan fingerprint density at radius 1 is 0.781 bits per heavy atom. The van der Waals surface area contributed by atoms with Crippen LogP contribution in [-0.4, -0.2) is 27.1 Å². The third-order valence-corrected chi connectivity index (χ3v) is 10.3. The Hall–Kier alpha value is -1.90. The Morgan fingerprint density at radius 2 is 1.28 bits per heavy atom. The van der Waals surface area contributed by atoms with Gasteiger partial charge in [-0.2, -0.15) is 0 Å². The van der Waals surface area contributed by atoms with E-state index in [-0.39, 0.29) is 23.2 Å². The summed E-state index contributed by atoms with van der Waals surface area (Å²) in [7, 11) is -1.94. The lowest BCUT2D eigenvalue weighted by molar-refractivity contribution is -0.0788. The molecule has 0 bridgehead atoms. The Kier molecular flexibility index (Phi) is 10.2. The maximum Gasteiger partial charge on any atom is 0.192 e. The van der Waals surface area contributed by atoms with Gasteiger partial charge in [0.25, 0.3) is 0 Å². The molecule has 0 aliphatic rings. The summed E-state index contributed by atoms with van der Waals surface area (Å²) in [4.78, 5) is 0. The molecule has 32 heavy (non-hydrogen) atoms. The van der Waals surface area contributed by atoms with Crippen LogP contribution in [0.25, 0.3) is 0 Å². The van der Waals surface area contributed by atoms with E-state index in [1.54, 1.807) is 0 Å². The van der Waals surface area contributed by atoms with E-state index in [1.807, 2.05) is 36.4 Å². The van der Waals surface area contributed by atoms with E-state index >= 15 is 0 Å². The lowest BCUT2D eigenvalue weighted by Crippen LogP contribution is -2.45. The average molecular weight is 453 g/mol. The smallest absolute Gasteiger partial charge is 0.192 e. The summed E-state index contributed by atoms with van der Waals surface area (Å²) in [5, 5.41) is 0.126. The summed E-state index contributed by atoms with van der Waals surface area (Å²) in [5.41, 5.74) is 2.25. The van der Waals surface area contributed by atoms with Crippen molar-refractivity contribution in [2.24, 2.45) is 5.92 Å². The van der Waals surface area contributed by atoms with Gasteiger partial charge < -0.3 is 13.9 Å². The van der Waals surface area contributed by atoms with Crippen LogP contribution in [0.3, 0.4) is 0 Å². The van der Waals surface area contributed by atoms with E-state index in [9.17, 15) is 0 Å². The molecule has 0 saturated carbocycles. The highest BCUT2D eigenvalue weighted by molar-refractivity contribution is 6.74. The van der Waals surface area contributed by atoms with Crippen molar-refractivity contribution in [2.45, 2.75) is 78.2 Å². The molecule has 2 aromatic rings. The van der Waals surface area contributed by atoms with E-state index in [0.717, 1.165) is 11.1 Å². The van der Waals surface area contributed by atoms with Crippen molar-refractivity contribution in [1.82, 2.24) is 0 Å². The molecule has 2 atom stereocenters. The number of hydrogen-bond acceptors (Lipinski definition) is 3. The maximum atomic E-state index is 6.55. The molecule has 174 valence electrons. The summed E-state index contributed by atoms with van der Waals surface area (Å²) in [6, 6.07) is 20.4. The van der Waals surface area contributed by atoms with Crippen LogP contribution in [-0.2, 0) is 27.1 Å². The van der Waals surface area contributed by atoms with Crippen molar-refractivity contribution in [3.05, 3.63) is 71.8 Å². The monoisotopic (exact) mass is 452 g/mol. The summed E-state index contributed by atoms with van der Waals surface area (Å²) in [5.74, 6) is 6.89. The van der Waals surface area contributed by atoms with Gasteiger partial charge in [-0.05, 0) is 29.3 Å². The Labute approximate surface area is 196 Å². The summed E-state index contributed by atoms with van der Waals surface area (Å²) in [6.45, 7) is 16.9. The molecule has 0 aliphatic carbocycles.